The van der Waals surface area contributed by atoms with E-state index in [9.17, 15) is 0 Å². The van der Waals surface area contributed by atoms with Crippen LogP contribution in [0.1, 0.15) is 25.0 Å². The highest BCUT2D eigenvalue weighted by Gasteiger charge is 2.24. The SMILES string of the molecule is Cn1cc(-c2cn(S)c3ncc(C4=CCC(N5CCOCC5)CC4)nc23)cn1. The van der Waals surface area contributed by atoms with Crippen molar-refractivity contribution >= 4 is 29.6 Å². The summed E-state index contributed by atoms with van der Waals surface area (Å²) in [6, 6.07) is 0.619. The number of allylic oxidation sites excluding steroid dienone is 1. The summed E-state index contributed by atoms with van der Waals surface area (Å²) in [5, 5.41) is 4.28. The van der Waals surface area contributed by atoms with E-state index in [4.69, 9.17) is 9.72 Å². The first-order chi connectivity index (χ1) is 13.7. The minimum atomic E-state index is 0.619. The minimum absolute atomic E-state index is 0.619. The quantitative estimate of drug-likeness (QED) is 0.690. The molecule has 0 radical (unpaired) electrons. The maximum atomic E-state index is 5.48. The lowest BCUT2D eigenvalue weighted by atomic mass is 9.92. The summed E-state index contributed by atoms with van der Waals surface area (Å²) >= 11 is 4.52. The first-order valence-electron chi connectivity index (χ1n) is 9.76. The van der Waals surface area contributed by atoms with Crippen molar-refractivity contribution < 1.29 is 4.74 Å². The van der Waals surface area contributed by atoms with Gasteiger partial charge in [-0.1, -0.05) is 18.9 Å². The molecule has 0 amide bonds. The summed E-state index contributed by atoms with van der Waals surface area (Å²) in [6.07, 6.45) is 13.3. The summed E-state index contributed by atoms with van der Waals surface area (Å²) in [5.41, 5.74) is 5.94. The van der Waals surface area contributed by atoms with Crippen LogP contribution in [0.5, 0.6) is 0 Å². The second-order valence-electron chi connectivity index (χ2n) is 7.52. The molecule has 4 heterocycles. The number of fused-ring (bicyclic) bond motifs is 1. The van der Waals surface area contributed by atoms with Crippen LogP contribution in [0.3, 0.4) is 0 Å². The molecule has 3 aromatic rings. The van der Waals surface area contributed by atoms with Crippen molar-refractivity contribution in [2.75, 3.05) is 26.3 Å². The number of hydrogen-bond acceptors (Lipinski definition) is 6. The number of thiol groups is 1. The molecule has 1 saturated heterocycles. The first-order valence-corrected chi connectivity index (χ1v) is 10.2. The summed E-state index contributed by atoms with van der Waals surface area (Å²) in [6.45, 7) is 3.80. The van der Waals surface area contributed by atoms with Gasteiger partial charge in [0.2, 0.25) is 0 Å². The Morgan fingerprint density at radius 1 is 1.18 bits per heavy atom. The van der Waals surface area contributed by atoms with Crippen molar-refractivity contribution in [1.29, 1.82) is 0 Å². The number of rotatable bonds is 3. The van der Waals surface area contributed by atoms with Crippen molar-refractivity contribution in [3.8, 4) is 11.1 Å². The normalized spacial score (nSPS) is 21.2. The lowest BCUT2D eigenvalue weighted by Gasteiger charge is -2.36. The zero-order valence-electron chi connectivity index (χ0n) is 16.0. The Hall–Kier alpha value is -2.16. The van der Waals surface area contributed by atoms with Crippen molar-refractivity contribution in [1.82, 2.24) is 28.6 Å². The van der Waals surface area contributed by atoms with E-state index in [2.05, 4.69) is 33.9 Å². The van der Waals surface area contributed by atoms with E-state index in [1.165, 1.54) is 5.57 Å². The molecule has 0 saturated carbocycles. The van der Waals surface area contributed by atoms with Gasteiger partial charge in [0.25, 0.3) is 0 Å². The largest absolute Gasteiger partial charge is 0.379 e. The van der Waals surface area contributed by atoms with E-state index in [1.807, 2.05) is 31.8 Å². The number of morpholine rings is 1. The van der Waals surface area contributed by atoms with Gasteiger partial charge in [-0.05, 0) is 24.8 Å². The molecule has 2 aliphatic rings. The zero-order chi connectivity index (χ0) is 19.1. The molecule has 1 atom stereocenters. The van der Waals surface area contributed by atoms with Gasteiger partial charge in [-0.15, -0.1) is 0 Å². The number of hydrogen-bond donors (Lipinski definition) is 1. The fourth-order valence-electron chi connectivity index (χ4n) is 4.23. The van der Waals surface area contributed by atoms with Crippen molar-refractivity contribution in [2.45, 2.75) is 25.3 Å². The molecule has 0 aromatic carbocycles. The van der Waals surface area contributed by atoms with Crippen LogP contribution in [0, 0.1) is 0 Å². The zero-order valence-corrected chi connectivity index (χ0v) is 16.8. The van der Waals surface area contributed by atoms with Crippen LogP contribution < -0.4 is 0 Å². The minimum Gasteiger partial charge on any atom is -0.379 e. The molecule has 28 heavy (non-hydrogen) atoms. The molecule has 1 fully saturated rings. The van der Waals surface area contributed by atoms with Gasteiger partial charge in [0.15, 0.2) is 5.65 Å². The second-order valence-corrected chi connectivity index (χ2v) is 7.95. The smallest absolute Gasteiger partial charge is 0.169 e. The maximum Gasteiger partial charge on any atom is 0.169 e. The topological polar surface area (TPSA) is 61.0 Å². The van der Waals surface area contributed by atoms with Gasteiger partial charge in [-0.2, -0.15) is 5.10 Å². The van der Waals surface area contributed by atoms with Crippen molar-refractivity contribution in [2.24, 2.45) is 7.05 Å². The molecule has 1 aliphatic heterocycles. The fraction of sp³-hybridized carbons (Fsp3) is 0.450. The second kappa shape index (κ2) is 7.35. The molecule has 1 aliphatic carbocycles. The Morgan fingerprint density at radius 2 is 2.04 bits per heavy atom. The van der Waals surface area contributed by atoms with Crippen LogP contribution in [0.4, 0.5) is 0 Å². The first kappa shape index (κ1) is 17.9. The van der Waals surface area contributed by atoms with Gasteiger partial charge >= 0.3 is 0 Å². The fourth-order valence-corrected chi connectivity index (χ4v) is 4.49. The summed E-state index contributed by atoms with van der Waals surface area (Å²) < 4.78 is 9.01. The van der Waals surface area contributed by atoms with Crippen LogP contribution in [0.2, 0.25) is 0 Å². The molecule has 5 rings (SSSR count). The predicted octanol–water partition coefficient (Wildman–Crippen LogP) is 2.79. The number of aromatic nitrogens is 5. The molecule has 7 nitrogen and oxygen atoms in total. The standard InChI is InChI=1S/C20H24N6OS/c1-24-12-15(10-22-24)17-13-26(28)20-19(17)23-18(11-21-20)14-2-4-16(5-3-14)25-6-8-27-9-7-25/h2,10-13,16,28H,3-9H2,1H3. The summed E-state index contributed by atoms with van der Waals surface area (Å²) in [7, 11) is 1.91. The molecule has 0 bridgehead atoms. The maximum absolute atomic E-state index is 5.48. The van der Waals surface area contributed by atoms with E-state index in [1.54, 1.807) is 8.65 Å². The lowest BCUT2D eigenvalue weighted by molar-refractivity contribution is 0.0150. The van der Waals surface area contributed by atoms with Crippen molar-refractivity contribution in [3.05, 3.63) is 36.6 Å². The Labute approximate surface area is 169 Å². The van der Waals surface area contributed by atoms with Crippen molar-refractivity contribution in [3.63, 3.8) is 0 Å². The molecular formula is C20H24N6OS. The van der Waals surface area contributed by atoms with E-state index < -0.39 is 0 Å². The van der Waals surface area contributed by atoms with Crippen LogP contribution in [0.25, 0.3) is 27.9 Å². The third-order valence-electron chi connectivity index (χ3n) is 5.77. The van der Waals surface area contributed by atoms with Crippen LogP contribution >= 0.6 is 12.8 Å². The number of ether oxygens (including phenoxy) is 1. The highest BCUT2D eigenvalue weighted by molar-refractivity contribution is 7.78. The highest BCUT2D eigenvalue weighted by atomic mass is 32.1. The predicted molar refractivity (Wildman–Crippen MR) is 112 cm³/mol. The molecule has 0 N–H and O–H groups in total. The Morgan fingerprint density at radius 3 is 2.75 bits per heavy atom. The highest BCUT2D eigenvalue weighted by Crippen LogP contribution is 2.32. The van der Waals surface area contributed by atoms with Gasteiger partial charge < -0.3 is 4.74 Å². The van der Waals surface area contributed by atoms with E-state index in [-0.39, 0.29) is 0 Å². The van der Waals surface area contributed by atoms with E-state index in [0.717, 1.165) is 73.6 Å². The molecule has 8 heteroatoms. The average Bonchev–Trinajstić information content (AvgIpc) is 3.32. The van der Waals surface area contributed by atoms with Crippen LogP contribution in [-0.4, -0.2) is 61.0 Å². The Kier molecular flexibility index (Phi) is 4.70. The Balaban J connectivity index is 1.44. The van der Waals surface area contributed by atoms with E-state index >= 15 is 0 Å². The van der Waals surface area contributed by atoms with Gasteiger partial charge in [-0.3, -0.25) is 13.6 Å². The van der Waals surface area contributed by atoms with Gasteiger partial charge in [0.1, 0.15) is 5.52 Å². The van der Waals surface area contributed by atoms with Gasteiger partial charge in [-0.25, -0.2) is 9.97 Å². The molecular weight excluding hydrogens is 372 g/mol. The van der Waals surface area contributed by atoms with Gasteiger partial charge in [0.05, 0.1) is 31.3 Å². The van der Waals surface area contributed by atoms with Gasteiger partial charge in [0, 0.05) is 49.7 Å². The van der Waals surface area contributed by atoms with Crippen LogP contribution in [-0.2, 0) is 11.8 Å². The molecule has 146 valence electrons. The molecule has 0 spiro atoms. The molecule has 1 unspecified atom stereocenters. The Bertz CT molecular complexity index is 1030. The third-order valence-corrected chi connectivity index (χ3v) is 6.07. The number of nitrogens with zero attached hydrogens (tertiary/aromatic N) is 6. The van der Waals surface area contributed by atoms with E-state index in [0.29, 0.717) is 6.04 Å². The molecule has 3 aromatic heterocycles. The number of aryl methyl sites for hydroxylation is 1. The summed E-state index contributed by atoms with van der Waals surface area (Å²) in [4.78, 5) is 12.2. The lowest BCUT2D eigenvalue weighted by Crippen LogP contribution is -2.43. The monoisotopic (exact) mass is 396 g/mol. The summed E-state index contributed by atoms with van der Waals surface area (Å²) in [5.74, 6) is 0. The average molecular weight is 397 g/mol. The van der Waals surface area contributed by atoms with Crippen LogP contribution in [0.15, 0.2) is 30.9 Å². The third kappa shape index (κ3) is 3.25.